The van der Waals surface area contributed by atoms with Gasteiger partial charge < -0.3 is 5.32 Å². The van der Waals surface area contributed by atoms with Crippen molar-refractivity contribution in [3.05, 3.63) is 102 Å². The summed E-state index contributed by atoms with van der Waals surface area (Å²) < 4.78 is 41.6. The van der Waals surface area contributed by atoms with Crippen molar-refractivity contribution in [3.8, 4) is 11.4 Å². The van der Waals surface area contributed by atoms with E-state index in [1.165, 1.54) is 42.7 Å². The summed E-state index contributed by atoms with van der Waals surface area (Å²) in [6.07, 6.45) is 2.72. The second-order valence-corrected chi connectivity index (χ2v) is 8.93. The molecule has 0 saturated heterocycles. The minimum atomic E-state index is -4.26. The lowest BCUT2D eigenvalue weighted by Gasteiger charge is -2.14. The van der Waals surface area contributed by atoms with Gasteiger partial charge in [-0.2, -0.15) is 0 Å². The number of halogens is 2. The molecule has 0 aliphatic heterocycles. The van der Waals surface area contributed by atoms with Gasteiger partial charge in [0.05, 0.1) is 16.9 Å². The van der Waals surface area contributed by atoms with Crippen LogP contribution in [0, 0.1) is 5.82 Å². The van der Waals surface area contributed by atoms with Crippen LogP contribution in [0.5, 0.6) is 0 Å². The maximum absolute atomic E-state index is 14.0. The molecule has 7 nitrogen and oxygen atoms in total. The maximum Gasteiger partial charge on any atom is 0.264 e. The quantitative estimate of drug-likeness (QED) is 0.403. The number of benzene rings is 3. The van der Waals surface area contributed by atoms with Crippen molar-refractivity contribution in [2.75, 3.05) is 10.0 Å². The Kier molecular flexibility index (Phi) is 6.34. The first kappa shape index (κ1) is 22.4. The SMILES string of the molecule is O=C(Nc1cc(Cl)ccc1NS(=O)(=O)c1ccccc1F)c1cnc(-c2ccccc2)nc1. The van der Waals surface area contributed by atoms with E-state index in [0.29, 0.717) is 5.82 Å². The van der Waals surface area contributed by atoms with E-state index >= 15 is 0 Å². The number of anilines is 2. The van der Waals surface area contributed by atoms with Gasteiger partial charge in [-0.1, -0.05) is 54.1 Å². The largest absolute Gasteiger partial charge is 0.320 e. The van der Waals surface area contributed by atoms with Gasteiger partial charge in [-0.15, -0.1) is 0 Å². The van der Waals surface area contributed by atoms with Gasteiger partial charge in [-0.05, 0) is 30.3 Å². The molecule has 4 aromatic rings. The van der Waals surface area contributed by atoms with Crippen molar-refractivity contribution in [3.63, 3.8) is 0 Å². The van der Waals surface area contributed by atoms with Crippen molar-refractivity contribution in [1.82, 2.24) is 9.97 Å². The number of nitrogens with one attached hydrogen (secondary N) is 2. The second-order valence-electron chi connectivity index (χ2n) is 6.84. The lowest BCUT2D eigenvalue weighted by molar-refractivity contribution is 0.102. The first-order valence-electron chi connectivity index (χ1n) is 9.59. The van der Waals surface area contributed by atoms with E-state index in [1.807, 2.05) is 30.3 Å². The summed E-state index contributed by atoms with van der Waals surface area (Å²) in [4.78, 5) is 20.6. The zero-order valence-electron chi connectivity index (χ0n) is 16.9. The van der Waals surface area contributed by atoms with E-state index in [0.717, 1.165) is 17.7 Å². The Bertz CT molecular complexity index is 1420. The third-order valence-corrected chi connectivity index (χ3v) is 6.18. The number of hydrogen-bond donors (Lipinski definition) is 2. The smallest absolute Gasteiger partial charge is 0.264 e. The lowest BCUT2D eigenvalue weighted by Crippen LogP contribution is -2.18. The molecule has 1 heterocycles. The Morgan fingerprint density at radius 3 is 2.24 bits per heavy atom. The molecule has 1 amide bonds. The number of amides is 1. The van der Waals surface area contributed by atoms with E-state index in [-0.39, 0.29) is 22.0 Å². The zero-order valence-corrected chi connectivity index (χ0v) is 18.4. The van der Waals surface area contributed by atoms with Crippen LogP contribution in [0.2, 0.25) is 5.02 Å². The molecule has 0 aliphatic rings. The van der Waals surface area contributed by atoms with E-state index in [4.69, 9.17) is 11.6 Å². The van der Waals surface area contributed by atoms with Gasteiger partial charge >= 0.3 is 0 Å². The van der Waals surface area contributed by atoms with Crippen molar-refractivity contribution >= 4 is 38.9 Å². The van der Waals surface area contributed by atoms with Crippen LogP contribution in [-0.4, -0.2) is 24.3 Å². The Morgan fingerprint density at radius 1 is 0.879 bits per heavy atom. The Balaban J connectivity index is 1.58. The second kappa shape index (κ2) is 9.35. The fourth-order valence-electron chi connectivity index (χ4n) is 2.95. The average molecular weight is 483 g/mol. The van der Waals surface area contributed by atoms with Gasteiger partial charge in [0, 0.05) is 23.0 Å². The predicted molar refractivity (Wildman–Crippen MR) is 124 cm³/mol. The molecule has 1 aromatic heterocycles. The summed E-state index contributed by atoms with van der Waals surface area (Å²) in [6, 6.07) is 18.4. The van der Waals surface area contributed by atoms with Gasteiger partial charge in [0.15, 0.2) is 5.82 Å². The van der Waals surface area contributed by atoms with Crippen molar-refractivity contribution in [2.24, 2.45) is 0 Å². The van der Waals surface area contributed by atoms with Crippen molar-refractivity contribution < 1.29 is 17.6 Å². The molecule has 2 N–H and O–H groups in total. The Morgan fingerprint density at radius 2 is 1.55 bits per heavy atom. The minimum Gasteiger partial charge on any atom is -0.320 e. The summed E-state index contributed by atoms with van der Waals surface area (Å²) in [6.45, 7) is 0. The number of sulfonamides is 1. The molecule has 166 valence electrons. The van der Waals surface area contributed by atoms with Gasteiger partial charge in [-0.3, -0.25) is 9.52 Å². The summed E-state index contributed by atoms with van der Waals surface area (Å²) in [5, 5.41) is 2.85. The van der Waals surface area contributed by atoms with Crippen LogP contribution < -0.4 is 10.0 Å². The lowest BCUT2D eigenvalue weighted by atomic mass is 10.2. The highest BCUT2D eigenvalue weighted by molar-refractivity contribution is 7.92. The van der Waals surface area contributed by atoms with Crippen LogP contribution in [0.4, 0.5) is 15.8 Å². The highest BCUT2D eigenvalue weighted by Gasteiger charge is 2.21. The molecule has 0 spiro atoms. The van der Waals surface area contributed by atoms with Crippen molar-refractivity contribution in [2.45, 2.75) is 4.90 Å². The number of hydrogen-bond acceptors (Lipinski definition) is 5. The number of carbonyl (C=O) groups excluding carboxylic acids is 1. The van der Waals surface area contributed by atoms with E-state index in [2.05, 4.69) is 20.0 Å². The third kappa shape index (κ3) is 5.16. The van der Waals surface area contributed by atoms with Gasteiger partial charge in [0.1, 0.15) is 10.7 Å². The van der Waals surface area contributed by atoms with E-state index in [9.17, 15) is 17.6 Å². The molecule has 0 bridgehead atoms. The van der Waals surface area contributed by atoms with Gasteiger partial charge in [0.2, 0.25) is 0 Å². The molecule has 0 aliphatic carbocycles. The number of rotatable bonds is 6. The molecule has 0 saturated carbocycles. The molecule has 0 fully saturated rings. The standard InChI is InChI=1S/C23H16ClFN4O3S/c24-17-10-11-19(29-33(31,32)21-9-5-4-8-18(21)25)20(12-17)28-23(30)16-13-26-22(27-14-16)15-6-2-1-3-7-15/h1-14,29H,(H,28,30). The maximum atomic E-state index is 14.0. The monoisotopic (exact) mass is 482 g/mol. The van der Waals surface area contributed by atoms with Crippen LogP contribution in [0.25, 0.3) is 11.4 Å². The molecule has 4 rings (SSSR count). The normalized spacial score (nSPS) is 11.1. The van der Waals surface area contributed by atoms with Crippen LogP contribution in [0.15, 0.2) is 90.1 Å². The average Bonchev–Trinajstić information content (AvgIpc) is 2.81. The minimum absolute atomic E-state index is 0.0119. The molecule has 0 unspecified atom stereocenters. The summed E-state index contributed by atoms with van der Waals surface area (Å²) in [5.41, 5.74) is 1.04. The Hall–Kier alpha value is -3.82. The summed E-state index contributed by atoms with van der Waals surface area (Å²) >= 11 is 6.04. The van der Waals surface area contributed by atoms with Gasteiger partial charge in [-0.25, -0.2) is 22.8 Å². The predicted octanol–water partition coefficient (Wildman–Crippen LogP) is 4.99. The molecular weight excluding hydrogens is 467 g/mol. The number of carbonyl (C=O) groups is 1. The zero-order chi connectivity index (χ0) is 23.4. The topological polar surface area (TPSA) is 101 Å². The van der Waals surface area contributed by atoms with E-state index < -0.39 is 26.6 Å². The van der Waals surface area contributed by atoms with Crippen LogP contribution in [0.1, 0.15) is 10.4 Å². The molecular formula is C23H16ClFN4O3S. The highest BCUT2D eigenvalue weighted by atomic mass is 35.5. The Labute approximate surface area is 194 Å². The first-order valence-corrected chi connectivity index (χ1v) is 11.5. The molecule has 0 radical (unpaired) electrons. The molecule has 33 heavy (non-hydrogen) atoms. The third-order valence-electron chi connectivity index (χ3n) is 4.55. The first-order chi connectivity index (χ1) is 15.8. The molecule has 0 atom stereocenters. The van der Waals surface area contributed by atoms with Crippen LogP contribution >= 0.6 is 11.6 Å². The highest BCUT2D eigenvalue weighted by Crippen LogP contribution is 2.29. The molecule has 3 aromatic carbocycles. The van der Waals surface area contributed by atoms with Crippen LogP contribution in [0.3, 0.4) is 0 Å². The van der Waals surface area contributed by atoms with E-state index in [1.54, 1.807) is 0 Å². The van der Waals surface area contributed by atoms with Gasteiger partial charge in [0.25, 0.3) is 15.9 Å². The summed E-state index contributed by atoms with van der Waals surface area (Å²) in [5.74, 6) is -1.03. The fourth-order valence-corrected chi connectivity index (χ4v) is 4.28. The molecule has 10 heteroatoms. The van der Waals surface area contributed by atoms with Crippen LogP contribution in [-0.2, 0) is 10.0 Å². The summed E-state index contributed by atoms with van der Waals surface area (Å²) in [7, 11) is -4.26. The number of aromatic nitrogens is 2. The number of nitrogens with zero attached hydrogens (tertiary/aromatic N) is 2. The van der Waals surface area contributed by atoms with Crippen molar-refractivity contribution in [1.29, 1.82) is 0 Å². The fraction of sp³-hybridized carbons (Fsp3) is 0.